The van der Waals surface area contributed by atoms with Gasteiger partial charge in [-0.15, -0.1) is 0 Å². The molecule has 2 aromatic carbocycles. The van der Waals surface area contributed by atoms with E-state index < -0.39 is 0 Å². The Morgan fingerprint density at radius 2 is 1.71 bits per heavy atom. The zero-order valence-electron chi connectivity index (χ0n) is 13.8. The molecule has 0 radical (unpaired) electrons. The average molecular weight is 394 g/mol. The van der Waals surface area contributed by atoms with Crippen molar-refractivity contribution < 1.29 is 19.2 Å². The van der Waals surface area contributed by atoms with Gasteiger partial charge in [0.1, 0.15) is 24.7 Å². The van der Waals surface area contributed by atoms with E-state index >= 15 is 0 Å². The molecule has 0 saturated carbocycles. The third kappa shape index (κ3) is 6.22. The van der Waals surface area contributed by atoms with Crippen LogP contribution in [0.25, 0.3) is 0 Å². The van der Waals surface area contributed by atoms with Crippen molar-refractivity contribution in [1.82, 2.24) is 0 Å². The number of rotatable bonds is 8. The highest BCUT2D eigenvalue weighted by Crippen LogP contribution is 2.16. The second-order valence-corrected chi connectivity index (χ2v) is 6.38. The fourth-order valence-electron chi connectivity index (χ4n) is 2.12. The van der Waals surface area contributed by atoms with Crippen molar-refractivity contribution in [3.63, 3.8) is 0 Å². The first kappa shape index (κ1) is 18.3. The molecule has 0 fully saturated rings. The average Bonchev–Trinajstić information content (AvgIpc) is 2.57. The van der Waals surface area contributed by atoms with Crippen molar-refractivity contribution in [2.45, 2.75) is 0 Å². The molecule has 0 aliphatic heterocycles. The molecule has 2 N–H and O–H groups in total. The lowest BCUT2D eigenvalue weighted by atomic mass is 10.3. The topological polar surface area (TPSA) is 52.0 Å². The van der Waals surface area contributed by atoms with Crippen molar-refractivity contribution >= 4 is 27.5 Å². The number of carbonyl (C=O) groups is 1. The number of amides is 1. The quantitative estimate of drug-likeness (QED) is 0.720. The summed E-state index contributed by atoms with van der Waals surface area (Å²) < 4.78 is 11.8. The lowest BCUT2D eigenvalue weighted by Gasteiger charge is -2.14. The van der Waals surface area contributed by atoms with E-state index in [1.807, 2.05) is 55.6 Å². The van der Waals surface area contributed by atoms with E-state index in [0.29, 0.717) is 13.2 Å². The molecule has 0 aromatic heterocycles. The molecule has 0 saturated heterocycles. The number of quaternary nitrogens is 1. The Balaban J connectivity index is 1.69. The van der Waals surface area contributed by atoms with Crippen LogP contribution < -0.4 is 19.7 Å². The molecule has 1 amide bonds. The van der Waals surface area contributed by atoms with Crippen molar-refractivity contribution in [2.24, 2.45) is 0 Å². The standard InChI is InChI=1S/C18H21BrN2O3/c1-21(11-12-24-17-7-3-14(19)4-8-17)13-18(22)20-15-5-9-16(23-2)10-6-15/h3-10H,11-13H2,1-2H3,(H,20,22)/p+1. The van der Waals surface area contributed by atoms with Gasteiger partial charge in [0.25, 0.3) is 5.91 Å². The Labute approximate surface area is 150 Å². The number of carbonyl (C=O) groups excluding carboxylic acids is 1. The molecule has 0 aliphatic rings. The minimum absolute atomic E-state index is 0.0266. The lowest BCUT2D eigenvalue weighted by molar-refractivity contribution is -0.871. The monoisotopic (exact) mass is 393 g/mol. The van der Waals surface area contributed by atoms with Crippen LogP contribution in [0.1, 0.15) is 0 Å². The number of halogens is 1. The highest BCUT2D eigenvalue weighted by Gasteiger charge is 2.10. The molecule has 128 valence electrons. The second-order valence-electron chi connectivity index (χ2n) is 5.46. The van der Waals surface area contributed by atoms with E-state index in [2.05, 4.69) is 21.2 Å². The molecule has 0 spiro atoms. The fraction of sp³-hybridized carbons (Fsp3) is 0.278. The van der Waals surface area contributed by atoms with E-state index in [-0.39, 0.29) is 5.91 Å². The third-order valence-corrected chi connectivity index (χ3v) is 3.98. The Morgan fingerprint density at radius 1 is 1.08 bits per heavy atom. The van der Waals surface area contributed by atoms with Gasteiger partial charge in [0.05, 0.1) is 14.2 Å². The minimum atomic E-state index is -0.0266. The van der Waals surface area contributed by atoms with Crippen LogP contribution in [-0.2, 0) is 4.79 Å². The number of hydrogen-bond acceptors (Lipinski definition) is 3. The number of nitrogens with one attached hydrogen (secondary N) is 2. The molecular weight excluding hydrogens is 372 g/mol. The summed E-state index contributed by atoms with van der Waals surface area (Å²) in [4.78, 5) is 13.1. The highest BCUT2D eigenvalue weighted by atomic mass is 79.9. The van der Waals surface area contributed by atoms with E-state index in [0.717, 1.165) is 33.1 Å². The summed E-state index contributed by atoms with van der Waals surface area (Å²) in [6.07, 6.45) is 0. The molecule has 0 heterocycles. The normalized spacial score (nSPS) is 11.6. The van der Waals surface area contributed by atoms with Gasteiger partial charge in [-0.25, -0.2) is 0 Å². The van der Waals surface area contributed by atoms with Crippen LogP contribution in [0.4, 0.5) is 5.69 Å². The van der Waals surface area contributed by atoms with Crippen molar-refractivity contribution in [2.75, 3.05) is 39.2 Å². The number of hydrogen-bond donors (Lipinski definition) is 2. The summed E-state index contributed by atoms with van der Waals surface area (Å²) in [5.74, 6) is 1.57. The minimum Gasteiger partial charge on any atom is -0.497 e. The fourth-order valence-corrected chi connectivity index (χ4v) is 2.38. The van der Waals surface area contributed by atoms with Gasteiger partial charge in [0.15, 0.2) is 6.54 Å². The Hall–Kier alpha value is -2.05. The first-order valence-electron chi connectivity index (χ1n) is 7.70. The van der Waals surface area contributed by atoms with E-state index in [4.69, 9.17) is 9.47 Å². The predicted molar refractivity (Wildman–Crippen MR) is 97.9 cm³/mol. The van der Waals surface area contributed by atoms with Gasteiger partial charge >= 0.3 is 0 Å². The molecule has 2 rings (SSSR count). The van der Waals surface area contributed by atoms with Gasteiger partial charge in [-0.3, -0.25) is 4.79 Å². The van der Waals surface area contributed by atoms with Crippen LogP contribution in [0.2, 0.25) is 0 Å². The summed E-state index contributed by atoms with van der Waals surface area (Å²) in [6, 6.07) is 15.0. The van der Waals surface area contributed by atoms with Crippen LogP contribution in [-0.4, -0.2) is 39.8 Å². The third-order valence-electron chi connectivity index (χ3n) is 3.45. The maximum Gasteiger partial charge on any atom is 0.279 e. The SMILES string of the molecule is COc1ccc(NC(=O)C[NH+](C)CCOc2ccc(Br)cc2)cc1. The molecule has 5 nitrogen and oxygen atoms in total. The summed E-state index contributed by atoms with van der Waals surface area (Å²) in [5.41, 5.74) is 0.764. The van der Waals surface area contributed by atoms with Gasteiger partial charge in [-0.1, -0.05) is 15.9 Å². The van der Waals surface area contributed by atoms with E-state index in [9.17, 15) is 4.79 Å². The van der Waals surface area contributed by atoms with Crippen LogP contribution >= 0.6 is 15.9 Å². The molecule has 6 heteroatoms. The summed E-state index contributed by atoms with van der Waals surface area (Å²) in [6.45, 7) is 1.69. The molecule has 1 atom stereocenters. The molecule has 24 heavy (non-hydrogen) atoms. The molecular formula is C18H22BrN2O3+. The number of anilines is 1. The number of methoxy groups -OCH3 is 1. The van der Waals surface area contributed by atoms with Crippen LogP contribution in [0, 0.1) is 0 Å². The first-order chi connectivity index (χ1) is 11.6. The first-order valence-corrected chi connectivity index (χ1v) is 8.49. The van der Waals surface area contributed by atoms with E-state index in [1.54, 1.807) is 7.11 Å². The van der Waals surface area contributed by atoms with Gasteiger partial charge in [0, 0.05) is 10.2 Å². The maximum atomic E-state index is 12.0. The van der Waals surface area contributed by atoms with Crippen molar-refractivity contribution in [3.8, 4) is 11.5 Å². The summed E-state index contributed by atoms with van der Waals surface area (Å²) >= 11 is 3.39. The summed E-state index contributed by atoms with van der Waals surface area (Å²) in [7, 11) is 3.58. The highest BCUT2D eigenvalue weighted by molar-refractivity contribution is 9.10. The summed E-state index contributed by atoms with van der Waals surface area (Å²) in [5, 5.41) is 2.88. The Kier molecular flexibility index (Phi) is 7.08. The smallest absolute Gasteiger partial charge is 0.279 e. The Bertz CT molecular complexity index is 644. The maximum absolute atomic E-state index is 12.0. The number of likely N-dealkylation sites (N-methyl/N-ethyl adjacent to an activating group) is 1. The molecule has 2 aromatic rings. The van der Waals surface area contributed by atoms with Gasteiger partial charge < -0.3 is 19.7 Å². The second kappa shape index (κ2) is 9.30. The van der Waals surface area contributed by atoms with E-state index in [1.165, 1.54) is 0 Å². The van der Waals surface area contributed by atoms with Gasteiger partial charge in [0.2, 0.25) is 0 Å². The van der Waals surface area contributed by atoms with Crippen LogP contribution in [0.15, 0.2) is 53.0 Å². The van der Waals surface area contributed by atoms with Crippen LogP contribution in [0.3, 0.4) is 0 Å². The largest absolute Gasteiger partial charge is 0.497 e. The van der Waals surface area contributed by atoms with Crippen LogP contribution in [0.5, 0.6) is 11.5 Å². The molecule has 0 bridgehead atoms. The molecule has 1 unspecified atom stereocenters. The van der Waals surface area contributed by atoms with Gasteiger partial charge in [-0.2, -0.15) is 0 Å². The zero-order valence-corrected chi connectivity index (χ0v) is 15.4. The Morgan fingerprint density at radius 3 is 2.33 bits per heavy atom. The number of benzene rings is 2. The van der Waals surface area contributed by atoms with Gasteiger partial charge in [-0.05, 0) is 48.5 Å². The molecule has 0 aliphatic carbocycles. The zero-order chi connectivity index (χ0) is 17.4. The van der Waals surface area contributed by atoms with Crippen molar-refractivity contribution in [1.29, 1.82) is 0 Å². The lowest BCUT2D eigenvalue weighted by Crippen LogP contribution is -3.10. The number of ether oxygens (including phenoxy) is 2. The predicted octanol–water partition coefficient (Wildman–Crippen LogP) is 1.99. The van der Waals surface area contributed by atoms with Crippen molar-refractivity contribution in [3.05, 3.63) is 53.0 Å².